The van der Waals surface area contributed by atoms with Crippen LogP contribution in [-0.4, -0.2) is 60.4 Å². The largest absolute Gasteiger partial charge is 0.491 e. The van der Waals surface area contributed by atoms with Crippen molar-refractivity contribution in [3.63, 3.8) is 0 Å². The van der Waals surface area contributed by atoms with Gasteiger partial charge in [0.15, 0.2) is 0 Å². The van der Waals surface area contributed by atoms with Gasteiger partial charge in [-0.15, -0.1) is 12.4 Å². The van der Waals surface area contributed by atoms with Crippen LogP contribution in [0.2, 0.25) is 5.02 Å². The minimum Gasteiger partial charge on any atom is -0.491 e. The summed E-state index contributed by atoms with van der Waals surface area (Å²) in [6, 6.07) is 13.7. The van der Waals surface area contributed by atoms with Gasteiger partial charge in [-0.3, -0.25) is 15.0 Å². The van der Waals surface area contributed by atoms with Crippen LogP contribution >= 0.6 is 24.0 Å². The van der Waals surface area contributed by atoms with Crippen molar-refractivity contribution >= 4 is 35.4 Å². The Labute approximate surface area is 175 Å². The molecule has 0 amide bonds. The highest BCUT2D eigenvalue weighted by atomic mass is 35.5. The number of nitro groups is 1. The van der Waals surface area contributed by atoms with Crippen LogP contribution in [0, 0.1) is 10.1 Å². The van der Waals surface area contributed by atoms with Crippen LogP contribution in [-0.2, 0) is 0 Å². The van der Waals surface area contributed by atoms with Crippen molar-refractivity contribution in [1.29, 1.82) is 0 Å². The number of rotatable bonds is 7. The van der Waals surface area contributed by atoms with Gasteiger partial charge in [0, 0.05) is 55.6 Å². The average molecular weight is 428 g/mol. The highest BCUT2D eigenvalue weighted by Crippen LogP contribution is 2.21. The molecule has 7 nitrogen and oxygen atoms in total. The Balaban J connectivity index is 0.00000280. The fourth-order valence-corrected chi connectivity index (χ4v) is 3.25. The molecule has 0 spiro atoms. The van der Waals surface area contributed by atoms with Gasteiger partial charge in [-0.2, -0.15) is 0 Å². The maximum absolute atomic E-state index is 10.6. The van der Waals surface area contributed by atoms with E-state index in [0.29, 0.717) is 12.3 Å². The third kappa shape index (κ3) is 6.24. The second-order valence-electron chi connectivity index (χ2n) is 6.48. The molecule has 2 aromatic rings. The average Bonchev–Trinajstić information content (AvgIpc) is 2.67. The Bertz CT molecular complexity index is 768. The lowest BCUT2D eigenvalue weighted by Gasteiger charge is -2.36. The first-order chi connectivity index (χ1) is 13.0. The number of anilines is 1. The van der Waals surface area contributed by atoms with E-state index in [2.05, 4.69) is 15.9 Å². The second kappa shape index (κ2) is 10.5. The smallest absolute Gasteiger partial charge is 0.269 e. The van der Waals surface area contributed by atoms with Gasteiger partial charge in [-0.25, -0.2) is 0 Å². The predicted molar refractivity (Wildman–Crippen MR) is 112 cm³/mol. The fraction of sp³-hybridized carbons (Fsp3) is 0.368. The van der Waals surface area contributed by atoms with Crippen LogP contribution in [0.5, 0.6) is 5.75 Å². The third-order valence-corrected chi connectivity index (χ3v) is 4.74. The van der Waals surface area contributed by atoms with Crippen LogP contribution < -0.4 is 9.64 Å². The fourth-order valence-electron chi connectivity index (χ4n) is 3.07. The maximum atomic E-state index is 10.6. The minimum absolute atomic E-state index is 0. The summed E-state index contributed by atoms with van der Waals surface area (Å²) in [5.41, 5.74) is 1.13. The summed E-state index contributed by atoms with van der Waals surface area (Å²) in [7, 11) is 0. The molecule has 1 fully saturated rings. The van der Waals surface area contributed by atoms with E-state index in [-0.39, 0.29) is 24.7 Å². The van der Waals surface area contributed by atoms with Gasteiger partial charge >= 0.3 is 0 Å². The van der Waals surface area contributed by atoms with Crippen LogP contribution in [0.15, 0.2) is 48.5 Å². The Morgan fingerprint density at radius 1 is 1.14 bits per heavy atom. The standard InChI is InChI=1S/C19H22ClN3O4.ClH/c20-15-2-1-3-17(12-15)22-10-8-21(9-11-22)13-18(24)14-27-19-6-4-16(5-7-19)23(25)26;/h1-7,12,18,24H,8-11,13-14H2;1H. The molecule has 0 saturated carbocycles. The first-order valence-corrected chi connectivity index (χ1v) is 9.17. The summed E-state index contributed by atoms with van der Waals surface area (Å²) in [4.78, 5) is 14.7. The minimum atomic E-state index is -0.627. The van der Waals surface area contributed by atoms with Crippen LogP contribution in [0.1, 0.15) is 0 Å². The Hall–Kier alpha value is -2.06. The number of piperazine rings is 1. The van der Waals surface area contributed by atoms with E-state index in [9.17, 15) is 15.2 Å². The molecule has 2 aromatic carbocycles. The summed E-state index contributed by atoms with van der Waals surface area (Å²) >= 11 is 6.05. The lowest BCUT2D eigenvalue weighted by molar-refractivity contribution is -0.384. The van der Waals surface area contributed by atoms with Gasteiger partial charge in [-0.1, -0.05) is 17.7 Å². The first kappa shape index (κ1) is 22.2. The van der Waals surface area contributed by atoms with Crippen molar-refractivity contribution in [2.75, 3.05) is 44.2 Å². The number of aliphatic hydroxyl groups is 1. The zero-order valence-corrected chi connectivity index (χ0v) is 16.8. The van der Waals surface area contributed by atoms with E-state index >= 15 is 0 Å². The molecule has 1 heterocycles. The van der Waals surface area contributed by atoms with Gasteiger partial charge in [0.1, 0.15) is 18.5 Å². The number of hydrogen-bond acceptors (Lipinski definition) is 6. The summed E-state index contributed by atoms with van der Waals surface area (Å²) in [6.07, 6.45) is -0.627. The number of halogens is 2. The van der Waals surface area contributed by atoms with E-state index in [1.165, 1.54) is 24.3 Å². The number of hydrogen-bond donors (Lipinski definition) is 1. The molecule has 3 rings (SSSR count). The van der Waals surface area contributed by atoms with Gasteiger partial charge in [0.2, 0.25) is 0 Å². The van der Waals surface area contributed by atoms with E-state index in [0.717, 1.165) is 36.9 Å². The number of nitrogens with zero attached hydrogens (tertiary/aromatic N) is 3. The molecule has 0 aromatic heterocycles. The van der Waals surface area contributed by atoms with Crippen LogP contribution in [0.3, 0.4) is 0 Å². The summed E-state index contributed by atoms with van der Waals surface area (Å²) in [6.45, 7) is 4.11. The number of non-ortho nitro benzene ring substituents is 1. The molecule has 1 N–H and O–H groups in total. The quantitative estimate of drug-likeness (QED) is 0.539. The molecular formula is C19H23Cl2N3O4. The van der Waals surface area contributed by atoms with E-state index in [1.807, 2.05) is 18.2 Å². The zero-order valence-electron chi connectivity index (χ0n) is 15.2. The Morgan fingerprint density at radius 2 is 1.82 bits per heavy atom. The SMILES string of the molecule is Cl.O=[N+]([O-])c1ccc(OCC(O)CN2CCN(c3cccc(Cl)c3)CC2)cc1. The molecule has 28 heavy (non-hydrogen) atoms. The maximum Gasteiger partial charge on any atom is 0.269 e. The van der Waals surface area contributed by atoms with E-state index in [1.54, 1.807) is 0 Å². The summed E-state index contributed by atoms with van der Waals surface area (Å²) in [5.74, 6) is 0.505. The number of nitro benzene ring substituents is 1. The van der Waals surface area contributed by atoms with Crippen molar-refractivity contribution in [3.8, 4) is 5.75 Å². The summed E-state index contributed by atoms with van der Waals surface area (Å²) < 4.78 is 5.52. The zero-order chi connectivity index (χ0) is 19.2. The molecule has 1 saturated heterocycles. The molecule has 152 valence electrons. The molecule has 0 aliphatic carbocycles. The van der Waals surface area contributed by atoms with Crippen LogP contribution in [0.25, 0.3) is 0 Å². The van der Waals surface area contributed by atoms with Crippen molar-refractivity contribution in [1.82, 2.24) is 4.90 Å². The molecular weight excluding hydrogens is 405 g/mol. The number of ether oxygens (including phenoxy) is 1. The lowest BCUT2D eigenvalue weighted by Crippen LogP contribution is -2.49. The third-order valence-electron chi connectivity index (χ3n) is 4.50. The normalized spacial score (nSPS) is 15.6. The Morgan fingerprint density at radius 3 is 2.43 bits per heavy atom. The molecule has 1 aliphatic heterocycles. The van der Waals surface area contributed by atoms with E-state index in [4.69, 9.17) is 16.3 Å². The number of benzene rings is 2. The van der Waals surface area contributed by atoms with Gasteiger partial charge in [0.25, 0.3) is 5.69 Å². The predicted octanol–water partition coefficient (Wildman–Crippen LogP) is 3.23. The lowest BCUT2D eigenvalue weighted by atomic mass is 10.2. The van der Waals surface area contributed by atoms with Crippen molar-refractivity contribution in [2.24, 2.45) is 0 Å². The highest BCUT2D eigenvalue weighted by Gasteiger charge is 2.20. The molecule has 1 atom stereocenters. The van der Waals surface area contributed by atoms with Gasteiger partial charge in [0.05, 0.1) is 4.92 Å². The first-order valence-electron chi connectivity index (χ1n) is 8.79. The number of aliphatic hydroxyl groups excluding tert-OH is 1. The summed E-state index contributed by atoms with van der Waals surface area (Å²) in [5, 5.41) is 21.6. The molecule has 1 aliphatic rings. The topological polar surface area (TPSA) is 79.1 Å². The number of β-amino-alcohol motifs (C(OH)–C–C–N with tert-alkyl or cyclic N) is 1. The molecule has 0 bridgehead atoms. The van der Waals surface area contributed by atoms with Crippen molar-refractivity contribution in [2.45, 2.75) is 6.10 Å². The highest BCUT2D eigenvalue weighted by molar-refractivity contribution is 6.30. The van der Waals surface area contributed by atoms with Gasteiger partial charge < -0.3 is 14.7 Å². The molecule has 1 unspecified atom stereocenters. The Kier molecular flexibility index (Phi) is 8.32. The van der Waals surface area contributed by atoms with Gasteiger partial charge in [-0.05, 0) is 30.3 Å². The van der Waals surface area contributed by atoms with Crippen LogP contribution in [0.4, 0.5) is 11.4 Å². The van der Waals surface area contributed by atoms with Crippen molar-refractivity contribution in [3.05, 3.63) is 63.7 Å². The molecule has 0 radical (unpaired) electrons. The van der Waals surface area contributed by atoms with Crippen molar-refractivity contribution < 1.29 is 14.8 Å². The molecule has 9 heteroatoms. The van der Waals surface area contributed by atoms with E-state index < -0.39 is 11.0 Å². The second-order valence-corrected chi connectivity index (χ2v) is 6.92. The monoisotopic (exact) mass is 427 g/mol.